The molecular weight excluding hydrogens is 515 g/mol. The van der Waals surface area contributed by atoms with Gasteiger partial charge in [-0.1, -0.05) is 35.9 Å². The van der Waals surface area contributed by atoms with E-state index in [0.29, 0.717) is 34.8 Å². The molecule has 3 aliphatic heterocycles. The van der Waals surface area contributed by atoms with Crippen LogP contribution in [-0.4, -0.2) is 70.4 Å². The number of hydrogen-bond acceptors (Lipinski definition) is 6. The fraction of sp³-hybridized carbons (Fsp3) is 0.333. The van der Waals surface area contributed by atoms with Crippen LogP contribution in [0.5, 0.6) is 5.75 Å². The minimum absolute atomic E-state index is 0.0599. The first-order valence-corrected chi connectivity index (χ1v) is 13.8. The van der Waals surface area contributed by atoms with Gasteiger partial charge in [-0.15, -0.1) is 0 Å². The molecule has 3 unspecified atom stereocenters. The molecule has 4 fully saturated rings. The van der Waals surface area contributed by atoms with Gasteiger partial charge in [-0.05, 0) is 61.0 Å². The minimum Gasteiger partial charge on any atom is -0.508 e. The molecule has 9 heteroatoms. The van der Waals surface area contributed by atoms with Crippen molar-refractivity contribution < 1.29 is 9.50 Å². The third-order valence-electron chi connectivity index (χ3n) is 9.09. The molecule has 198 valence electrons. The number of benzene rings is 3. The van der Waals surface area contributed by atoms with Crippen LogP contribution < -0.4 is 10.2 Å². The number of rotatable bonds is 4. The number of phenolic OH excluding ortho intramolecular Hbond substituents is 1. The second kappa shape index (κ2) is 8.27. The standard InChI is InChI=1S/C30H28ClFN6O/c1-36(2)17-12-37(13-17)30-27-29(38(14-34-27)28-16-8-23(28)33-11-16)21-10-22(31)24(25(32)26(21)35-30)20-9-18(39)7-15-5-3-4-6-19(15)20/h3-7,9-10,14,16-17,23,28,33,39H,8,11-13H2,1-2H3. The molecule has 0 radical (unpaired) electrons. The van der Waals surface area contributed by atoms with Crippen LogP contribution in [0, 0.1) is 11.7 Å². The van der Waals surface area contributed by atoms with Crippen LogP contribution in [0.25, 0.3) is 43.8 Å². The monoisotopic (exact) mass is 542 g/mol. The third-order valence-corrected chi connectivity index (χ3v) is 9.39. The number of nitrogens with zero attached hydrogens (tertiary/aromatic N) is 5. The van der Waals surface area contributed by atoms with E-state index in [9.17, 15) is 5.11 Å². The van der Waals surface area contributed by atoms with E-state index in [1.165, 1.54) is 0 Å². The summed E-state index contributed by atoms with van der Waals surface area (Å²) in [5.41, 5.74) is 2.75. The fourth-order valence-corrected chi connectivity index (χ4v) is 7.16. The van der Waals surface area contributed by atoms with Gasteiger partial charge >= 0.3 is 0 Å². The summed E-state index contributed by atoms with van der Waals surface area (Å²) in [6.07, 6.45) is 3.05. The molecule has 3 atom stereocenters. The molecule has 5 aromatic rings. The number of likely N-dealkylation sites (N-methyl/N-ethyl adjacent to an activating group) is 1. The van der Waals surface area contributed by atoms with Gasteiger partial charge in [0.25, 0.3) is 0 Å². The largest absolute Gasteiger partial charge is 0.508 e. The third kappa shape index (κ3) is 3.28. The molecule has 1 aliphatic carbocycles. The quantitative estimate of drug-likeness (QED) is 0.326. The summed E-state index contributed by atoms with van der Waals surface area (Å²) in [7, 11) is 4.15. The highest BCUT2D eigenvalue weighted by molar-refractivity contribution is 6.35. The van der Waals surface area contributed by atoms with Crippen LogP contribution in [0.15, 0.2) is 48.8 Å². The number of phenols is 1. The van der Waals surface area contributed by atoms with Crippen molar-refractivity contribution >= 4 is 50.1 Å². The number of halogens is 2. The molecule has 5 heterocycles. The smallest absolute Gasteiger partial charge is 0.158 e. The average Bonchev–Trinajstić information content (AvgIpc) is 3.61. The maximum absolute atomic E-state index is 16.8. The van der Waals surface area contributed by atoms with Gasteiger partial charge in [-0.3, -0.25) is 0 Å². The topological polar surface area (TPSA) is 69.5 Å². The van der Waals surface area contributed by atoms with Gasteiger partial charge in [-0.25, -0.2) is 14.4 Å². The predicted molar refractivity (Wildman–Crippen MR) is 153 cm³/mol. The van der Waals surface area contributed by atoms with E-state index >= 15 is 4.39 Å². The molecule has 7 nitrogen and oxygen atoms in total. The summed E-state index contributed by atoms with van der Waals surface area (Å²) >= 11 is 6.90. The van der Waals surface area contributed by atoms with Crippen molar-refractivity contribution in [2.75, 3.05) is 38.6 Å². The van der Waals surface area contributed by atoms with Crippen molar-refractivity contribution in [3.05, 3.63) is 59.6 Å². The highest BCUT2D eigenvalue weighted by Crippen LogP contribution is 2.48. The molecule has 3 aromatic carbocycles. The lowest BCUT2D eigenvalue weighted by molar-refractivity contribution is 0.225. The first-order chi connectivity index (χ1) is 18.9. The highest BCUT2D eigenvalue weighted by Gasteiger charge is 2.48. The van der Waals surface area contributed by atoms with Crippen molar-refractivity contribution in [2.45, 2.75) is 24.5 Å². The predicted octanol–water partition coefficient (Wildman–Crippen LogP) is 5.19. The van der Waals surface area contributed by atoms with Gasteiger partial charge in [0.15, 0.2) is 11.6 Å². The lowest BCUT2D eigenvalue weighted by Gasteiger charge is -2.43. The van der Waals surface area contributed by atoms with Crippen LogP contribution >= 0.6 is 11.6 Å². The number of anilines is 1. The summed E-state index contributed by atoms with van der Waals surface area (Å²) in [5, 5.41) is 16.7. The maximum Gasteiger partial charge on any atom is 0.158 e. The summed E-state index contributed by atoms with van der Waals surface area (Å²) in [6.45, 7) is 2.61. The SMILES string of the molecule is CN(C)C1CN(c2nc3c(F)c(-c4cc(O)cc5ccccc45)c(Cl)cc3c3c2ncn3C2C3CNC2C3)C1. The van der Waals surface area contributed by atoms with Crippen LogP contribution in [0.4, 0.5) is 10.2 Å². The first-order valence-electron chi connectivity index (χ1n) is 13.4. The van der Waals surface area contributed by atoms with Gasteiger partial charge < -0.3 is 24.8 Å². The van der Waals surface area contributed by atoms with E-state index < -0.39 is 5.82 Å². The van der Waals surface area contributed by atoms with E-state index in [0.717, 1.165) is 47.9 Å². The molecular formula is C30H28ClFN6O. The Morgan fingerprint density at radius 3 is 2.67 bits per heavy atom. The van der Waals surface area contributed by atoms with Crippen molar-refractivity contribution in [1.82, 2.24) is 24.8 Å². The van der Waals surface area contributed by atoms with Crippen molar-refractivity contribution in [3.8, 4) is 16.9 Å². The lowest BCUT2D eigenvalue weighted by atomic mass is 9.80. The zero-order valence-corrected chi connectivity index (χ0v) is 22.5. The van der Waals surface area contributed by atoms with Crippen molar-refractivity contribution in [3.63, 3.8) is 0 Å². The average molecular weight is 543 g/mol. The molecule has 2 N–H and O–H groups in total. The van der Waals surface area contributed by atoms with Gasteiger partial charge in [0.2, 0.25) is 0 Å². The second-order valence-corrected chi connectivity index (χ2v) is 11.9. The molecule has 2 aromatic heterocycles. The summed E-state index contributed by atoms with van der Waals surface area (Å²) < 4.78 is 19.0. The fourth-order valence-electron chi connectivity index (χ4n) is 6.87. The van der Waals surface area contributed by atoms with E-state index in [1.807, 2.05) is 36.7 Å². The van der Waals surface area contributed by atoms with Gasteiger partial charge in [0, 0.05) is 42.7 Å². The second-order valence-electron chi connectivity index (χ2n) is 11.5. The lowest BCUT2D eigenvalue weighted by Crippen LogP contribution is -2.57. The van der Waals surface area contributed by atoms with E-state index in [1.54, 1.807) is 12.1 Å². The van der Waals surface area contributed by atoms with Crippen LogP contribution in [0.2, 0.25) is 5.02 Å². The number of hydrogen-bond donors (Lipinski definition) is 2. The molecule has 1 saturated carbocycles. The minimum atomic E-state index is -0.483. The number of aromatic hydroxyl groups is 1. The molecule has 3 saturated heterocycles. The highest BCUT2D eigenvalue weighted by atomic mass is 35.5. The van der Waals surface area contributed by atoms with E-state index in [4.69, 9.17) is 21.6 Å². The van der Waals surface area contributed by atoms with Crippen molar-refractivity contribution in [1.29, 1.82) is 0 Å². The molecule has 0 amide bonds. The Kier molecular flexibility index (Phi) is 4.97. The van der Waals surface area contributed by atoms with Gasteiger partial charge in [0.05, 0.1) is 22.9 Å². The number of aromatic nitrogens is 3. The normalized spacial score (nSPS) is 22.8. The number of fused-ring (bicyclic) bond motifs is 5. The number of imidazole rings is 1. The van der Waals surface area contributed by atoms with Crippen LogP contribution in [-0.2, 0) is 0 Å². The number of pyridine rings is 1. The Morgan fingerprint density at radius 1 is 1.10 bits per heavy atom. The van der Waals surface area contributed by atoms with Crippen molar-refractivity contribution in [2.24, 2.45) is 5.92 Å². The molecule has 39 heavy (non-hydrogen) atoms. The molecule has 0 spiro atoms. The molecule has 4 aliphatic rings. The Hall–Kier alpha value is -3.46. The summed E-state index contributed by atoms with van der Waals surface area (Å²) in [5.74, 6) is 0.828. The Labute approximate surface area is 229 Å². The summed E-state index contributed by atoms with van der Waals surface area (Å²) in [6, 6.07) is 13.8. The van der Waals surface area contributed by atoms with Gasteiger partial charge in [0.1, 0.15) is 16.8 Å². The Morgan fingerprint density at radius 2 is 1.92 bits per heavy atom. The maximum atomic E-state index is 16.8. The van der Waals surface area contributed by atoms with E-state index in [-0.39, 0.29) is 27.9 Å². The summed E-state index contributed by atoms with van der Waals surface area (Å²) in [4.78, 5) is 14.2. The van der Waals surface area contributed by atoms with Crippen LogP contribution in [0.1, 0.15) is 12.5 Å². The molecule has 9 rings (SSSR count). The zero-order valence-electron chi connectivity index (χ0n) is 21.7. The first kappa shape index (κ1) is 23.4. The van der Waals surface area contributed by atoms with E-state index in [2.05, 4.69) is 33.8 Å². The Balaban J connectivity index is 1.40. The van der Waals surface area contributed by atoms with Crippen LogP contribution in [0.3, 0.4) is 0 Å². The van der Waals surface area contributed by atoms with Gasteiger partial charge in [-0.2, -0.15) is 0 Å². The number of nitrogens with one attached hydrogen (secondary N) is 1. The Bertz CT molecular complexity index is 1800. The zero-order chi connectivity index (χ0) is 26.6. The molecule has 2 bridgehead atoms.